The van der Waals surface area contributed by atoms with Gasteiger partial charge in [-0.1, -0.05) is 30.3 Å². The lowest BCUT2D eigenvalue weighted by Gasteiger charge is -2.06. The van der Waals surface area contributed by atoms with E-state index in [1.807, 2.05) is 36.4 Å². The van der Waals surface area contributed by atoms with Crippen molar-refractivity contribution in [3.05, 3.63) is 42.0 Å². The molecule has 4 heteroatoms. The molecule has 1 aromatic carbocycles. The van der Waals surface area contributed by atoms with Crippen LogP contribution in [0.2, 0.25) is 0 Å². The highest BCUT2D eigenvalue weighted by atomic mass is 32.1. The van der Waals surface area contributed by atoms with Crippen LogP contribution in [0.1, 0.15) is 5.56 Å². The zero-order valence-corrected chi connectivity index (χ0v) is 9.15. The molecule has 0 saturated heterocycles. The fourth-order valence-electron chi connectivity index (χ4n) is 1.47. The number of nitriles is 1. The number of hydrogen-bond donors (Lipinski definition) is 2. The molecule has 0 fully saturated rings. The van der Waals surface area contributed by atoms with Crippen LogP contribution >= 0.6 is 12.6 Å². The van der Waals surface area contributed by atoms with Crippen LogP contribution in [-0.4, -0.2) is 10.1 Å². The average Bonchev–Trinajstić information content (AvgIpc) is 2.29. The Balaban J connectivity index is 2.70. The highest BCUT2D eigenvalue weighted by Gasteiger charge is 2.11. The molecule has 0 aliphatic heterocycles. The van der Waals surface area contributed by atoms with E-state index in [0.29, 0.717) is 11.1 Å². The van der Waals surface area contributed by atoms with E-state index >= 15 is 0 Å². The summed E-state index contributed by atoms with van der Waals surface area (Å²) < 4.78 is 0. The molecule has 0 aliphatic carbocycles. The molecule has 0 spiro atoms. The van der Waals surface area contributed by atoms with Gasteiger partial charge < -0.3 is 5.11 Å². The molecule has 1 N–H and O–H groups in total. The maximum atomic E-state index is 9.41. The monoisotopic (exact) mass is 228 g/mol. The first kappa shape index (κ1) is 10.5. The van der Waals surface area contributed by atoms with Gasteiger partial charge in [0.25, 0.3) is 0 Å². The molecule has 0 radical (unpaired) electrons. The van der Waals surface area contributed by atoms with E-state index in [1.165, 1.54) is 6.07 Å². The minimum atomic E-state index is -0.136. The van der Waals surface area contributed by atoms with Gasteiger partial charge in [0.15, 0.2) is 0 Å². The normalized spacial score (nSPS) is 9.75. The van der Waals surface area contributed by atoms with Crippen molar-refractivity contribution in [2.75, 3.05) is 0 Å². The van der Waals surface area contributed by atoms with Gasteiger partial charge in [-0.25, -0.2) is 4.98 Å². The number of nitrogens with zero attached hydrogens (tertiary/aromatic N) is 2. The maximum absolute atomic E-state index is 9.41. The smallest absolute Gasteiger partial charge is 0.212 e. The van der Waals surface area contributed by atoms with Crippen LogP contribution in [0, 0.1) is 11.3 Å². The lowest BCUT2D eigenvalue weighted by molar-refractivity contribution is 0.449. The molecule has 16 heavy (non-hydrogen) atoms. The van der Waals surface area contributed by atoms with Crippen molar-refractivity contribution in [1.82, 2.24) is 4.98 Å². The molecule has 2 rings (SSSR count). The first-order valence-electron chi connectivity index (χ1n) is 4.61. The molecule has 0 aliphatic rings. The van der Waals surface area contributed by atoms with Crippen LogP contribution in [0.4, 0.5) is 0 Å². The summed E-state index contributed by atoms with van der Waals surface area (Å²) in [7, 11) is 0. The molecule has 1 heterocycles. The molecule has 78 valence electrons. The van der Waals surface area contributed by atoms with E-state index in [1.54, 1.807) is 0 Å². The summed E-state index contributed by atoms with van der Waals surface area (Å²) in [4.78, 5) is 3.73. The summed E-state index contributed by atoms with van der Waals surface area (Å²) >= 11 is 4.07. The van der Waals surface area contributed by atoms with E-state index in [2.05, 4.69) is 17.6 Å². The summed E-state index contributed by atoms with van der Waals surface area (Å²) in [5, 5.41) is 18.7. The Hall–Kier alpha value is -1.99. The van der Waals surface area contributed by atoms with Gasteiger partial charge >= 0.3 is 0 Å². The second-order valence-corrected chi connectivity index (χ2v) is 3.63. The number of aromatic hydroxyl groups is 1. The van der Waals surface area contributed by atoms with Crippen molar-refractivity contribution in [3.8, 4) is 23.1 Å². The number of benzene rings is 1. The summed E-state index contributed by atoms with van der Waals surface area (Å²) in [6.07, 6.45) is 0. The lowest BCUT2D eigenvalue weighted by Crippen LogP contribution is -1.90. The summed E-state index contributed by atoms with van der Waals surface area (Å²) in [6, 6.07) is 12.9. The summed E-state index contributed by atoms with van der Waals surface area (Å²) in [5.41, 5.74) is 1.86. The van der Waals surface area contributed by atoms with Crippen molar-refractivity contribution >= 4 is 12.6 Å². The number of hydrogen-bond acceptors (Lipinski definition) is 4. The van der Waals surface area contributed by atoms with E-state index in [-0.39, 0.29) is 10.9 Å². The van der Waals surface area contributed by atoms with Crippen molar-refractivity contribution in [3.63, 3.8) is 0 Å². The Labute approximate surface area is 98.4 Å². The van der Waals surface area contributed by atoms with Crippen molar-refractivity contribution < 1.29 is 5.11 Å². The van der Waals surface area contributed by atoms with E-state index in [9.17, 15) is 5.11 Å². The summed E-state index contributed by atoms with van der Waals surface area (Å²) in [6.45, 7) is 0. The SMILES string of the molecule is N#Cc1c(-c2ccccc2)cc(O)nc1S. The topological polar surface area (TPSA) is 56.9 Å². The highest BCUT2D eigenvalue weighted by Crippen LogP contribution is 2.29. The number of aromatic nitrogens is 1. The van der Waals surface area contributed by atoms with Crippen LogP contribution in [0.5, 0.6) is 5.88 Å². The Kier molecular flexibility index (Phi) is 2.80. The summed E-state index contributed by atoms with van der Waals surface area (Å²) in [5.74, 6) is -0.136. The van der Waals surface area contributed by atoms with Crippen LogP contribution in [0.3, 0.4) is 0 Å². The lowest BCUT2D eigenvalue weighted by atomic mass is 10.0. The van der Waals surface area contributed by atoms with E-state index < -0.39 is 0 Å². The highest BCUT2D eigenvalue weighted by molar-refractivity contribution is 7.80. The Morgan fingerprint density at radius 2 is 1.94 bits per heavy atom. The van der Waals surface area contributed by atoms with Gasteiger partial charge in [-0.3, -0.25) is 0 Å². The largest absolute Gasteiger partial charge is 0.493 e. The Morgan fingerprint density at radius 1 is 1.25 bits per heavy atom. The number of thiol groups is 1. The van der Waals surface area contributed by atoms with Crippen LogP contribution in [0.25, 0.3) is 11.1 Å². The molecule has 0 saturated carbocycles. The molecule has 2 aromatic rings. The molecule has 0 bridgehead atoms. The standard InChI is InChI=1S/C12H8N2OS/c13-7-10-9(6-11(15)14-12(10)16)8-4-2-1-3-5-8/h1-6H,(H2,14,15,16). The molecular formula is C12H8N2OS. The van der Waals surface area contributed by atoms with Gasteiger partial charge in [-0.2, -0.15) is 5.26 Å². The van der Waals surface area contributed by atoms with Gasteiger partial charge in [0.1, 0.15) is 11.1 Å². The fraction of sp³-hybridized carbons (Fsp3) is 0. The Morgan fingerprint density at radius 3 is 2.56 bits per heavy atom. The first-order valence-corrected chi connectivity index (χ1v) is 5.05. The number of rotatable bonds is 1. The first-order chi connectivity index (χ1) is 7.72. The van der Waals surface area contributed by atoms with Crippen molar-refractivity contribution in [2.24, 2.45) is 0 Å². The average molecular weight is 228 g/mol. The van der Waals surface area contributed by atoms with Gasteiger partial charge in [-0.05, 0) is 5.56 Å². The van der Waals surface area contributed by atoms with E-state index in [4.69, 9.17) is 5.26 Å². The van der Waals surface area contributed by atoms with Gasteiger partial charge in [0.05, 0.1) is 5.56 Å². The van der Waals surface area contributed by atoms with Gasteiger partial charge in [0, 0.05) is 11.6 Å². The predicted molar refractivity (Wildman–Crippen MR) is 63.3 cm³/mol. The second kappa shape index (κ2) is 4.25. The zero-order valence-electron chi connectivity index (χ0n) is 8.25. The molecular weight excluding hydrogens is 220 g/mol. The minimum absolute atomic E-state index is 0.136. The van der Waals surface area contributed by atoms with E-state index in [0.717, 1.165) is 5.56 Å². The Bertz CT molecular complexity index is 561. The molecule has 1 aromatic heterocycles. The third kappa shape index (κ3) is 1.86. The fourth-order valence-corrected chi connectivity index (χ4v) is 1.75. The molecule has 0 unspecified atom stereocenters. The van der Waals surface area contributed by atoms with Gasteiger partial charge in [-0.15, -0.1) is 12.6 Å². The third-order valence-corrected chi connectivity index (χ3v) is 2.51. The van der Waals surface area contributed by atoms with Gasteiger partial charge in [0.2, 0.25) is 5.88 Å². The van der Waals surface area contributed by atoms with Crippen LogP contribution in [0.15, 0.2) is 41.4 Å². The van der Waals surface area contributed by atoms with Crippen LogP contribution in [-0.2, 0) is 0 Å². The number of pyridine rings is 1. The molecule has 0 amide bonds. The maximum Gasteiger partial charge on any atom is 0.212 e. The predicted octanol–water partition coefficient (Wildman–Crippen LogP) is 2.61. The zero-order chi connectivity index (χ0) is 11.5. The van der Waals surface area contributed by atoms with Crippen LogP contribution < -0.4 is 0 Å². The molecule has 3 nitrogen and oxygen atoms in total. The quantitative estimate of drug-likeness (QED) is 0.738. The molecule has 0 atom stereocenters. The third-order valence-electron chi connectivity index (χ3n) is 2.18. The second-order valence-electron chi connectivity index (χ2n) is 3.20. The van der Waals surface area contributed by atoms with Crippen molar-refractivity contribution in [1.29, 1.82) is 5.26 Å². The minimum Gasteiger partial charge on any atom is -0.493 e. The van der Waals surface area contributed by atoms with Crippen molar-refractivity contribution in [2.45, 2.75) is 5.03 Å².